The number of ether oxygens (including phenoxy) is 1. The van der Waals surface area contributed by atoms with Crippen LogP contribution in [-0.2, 0) is 20.7 Å². The number of nitrogens with zero attached hydrogens (tertiary/aromatic N) is 1. The van der Waals surface area contributed by atoms with Crippen LogP contribution in [0.25, 0.3) is 10.8 Å². The zero-order valence-corrected chi connectivity index (χ0v) is 25.9. The molecule has 4 rings (SSSR count). The fourth-order valence-corrected chi connectivity index (χ4v) is 5.09. The smallest absolute Gasteiger partial charge is 0.408 e. The lowest BCUT2D eigenvalue weighted by atomic mass is 9.97. The first-order valence-electron chi connectivity index (χ1n) is 14.9. The van der Waals surface area contributed by atoms with Crippen molar-refractivity contribution in [2.45, 2.75) is 71.2 Å². The number of hydrogen-bond donors (Lipinski definition) is 3. The van der Waals surface area contributed by atoms with Gasteiger partial charge >= 0.3 is 6.09 Å². The average molecular weight is 596 g/mol. The molecule has 3 N–H and O–H groups in total. The highest BCUT2D eigenvalue weighted by molar-refractivity contribution is 6.00. The lowest BCUT2D eigenvalue weighted by molar-refractivity contribution is -0.143. The highest BCUT2D eigenvalue weighted by Crippen LogP contribution is 2.30. The molecule has 0 fully saturated rings. The Hall–Kier alpha value is -4.85. The Labute approximate surface area is 259 Å². The number of phenolic OH excluding ortho intramolecular Hbond substituents is 1. The number of hydrogen-bond acceptors (Lipinski definition) is 5. The highest BCUT2D eigenvalue weighted by Gasteiger charge is 2.39. The minimum absolute atomic E-state index is 0.0322. The molecular formula is C36H41N3O5. The molecule has 3 unspecified atom stereocenters. The SMILES string of the molecule is CCC(C)N(C(=O)C(Cc1ccccc1)NC(=O)OC(C)(C)C)C(C(=O)Nc1ccc2ccccc2c1)c1cccc(O)c1. The molecule has 230 valence electrons. The third kappa shape index (κ3) is 8.37. The molecule has 0 saturated heterocycles. The number of rotatable bonds is 10. The number of benzene rings is 4. The molecule has 0 aliphatic rings. The summed E-state index contributed by atoms with van der Waals surface area (Å²) >= 11 is 0. The predicted molar refractivity (Wildman–Crippen MR) is 173 cm³/mol. The van der Waals surface area contributed by atoms with Gasteiger partial charge in [0.2, 0.25) is 5.91 Å². The van der Waals surface area contributed by atoms with Gasteiger partial charge in [-0.2, -0.15) is 0 Å². The standard InChI is InChI=1S/C36H41N3O5/c1-6-24(2)39(34(42)31(21-25-13-8-7-9-14-25)38-35(43)44-36(3,4)5)32(28-17-12-18-30(40)23-28)33(41)37-29-20-19-26-15-10-11-16-27(26)22-29/h7-20,22-24,31-32,40H,6,21H2,1-5H3,(H,37,41)(H,38,43). The van der Waals surface area contributed by atoms with Gasteiger partial charge in [0.05, 0.1) is 0 Å². The van der Waals surface area contributed by atoms with Crippen LogP contribution in [0.4, 0.5) is 10.5 Å². The van der Waals surface area contributed by atoms with Crippen molar-refractivity contribution < 1.29 is 24.2 Å². The lowest BCUT2D eigenvalue weighted by Gasteiger charge is -2.38. The maximum absolute atomic E-state index is 14.6. The molecule has 0 radical (unpaired) electrons. The monoisotopic (exact) mass is 595 g/mol. The van der Waals surface area contributed by atoms with E-state index in [1.807, 2.05) is 86.6 Å². The minimum atomic E-state index is -1.12. The number of fused-ring (bicyclic) bond motifs is 1. The zero-order chi connectivity index (χ0) is 31.9. The Kier molecular flexibility index (Phi) is 10.3. The second kappa shape index (κ2) is 14.1. The van der Waals surface area contributed by atoms with E-state index in [0.717, 1.165) is 16.3 Å². The first kappa shape index (κ1) is 32.1. The van der Waals surface area contributed by atoms with E-state index in [1.54, 1.807) is 32.9 Å². The summed E-state index contributed by atoms with van der Waals surface area (Å²) in [5.41, 5.74) is 1.07. The van der Waals surface area contributed by atoms with Crippen LogP contribution in [0.15, 0.2) is 97.1 Å². The van der Waals surface area contributed by atoms with Crippen molar-refractivity contribution in [3.8, 4) is 5.75 Å². The van der Waals surface area contributed by atoms with Crippen LogP contribution in [-0.4, -0.2) is 45.6 Å². The molecule has 0 saturated carbocycles. The van der Waals surface area contributed by atoms with E-state index in [1.165, 1.54) is 17.0 Å². The number of phenols is 1. The second-order valence-electron chi connectivity index (χ2n) is 11.9. The van der Waals surface area contributed by atoms with Gasteiger partial charge in [-0.05, 0) is 80.3 Å². The van der Waals surface area contributed by atoms with Crippen LogP contribution in [0.2, 0.25) is 0 Å². The van der Waals surface area contributed by atoms with E-state index < -0.39 is 41.6 Å². The molecule has 0 bridgehead atoms. The maximum atomic E-state index is 14.6. The summed E-state index contributed by atoms with van der Waals surface area (Å²) in [5.74, 6) is -0.929. The van der Waals surface area contributed by atoms with Crippen molar-refractivity contribution in [1.82, 2.24) is 10.2 Å². The van der Waals surface area contributed by atoms with Crippen LogP contribution in [0.5, 0.6) is 5.75 Å². The average Bonchev–Trinajstić information content (AvgIpc) is 2.98. The summed E-state index contributed by atoms with van der Waals surface area (Å²) in [6.45, 7) is 9.05. The topological polar surface area (TPSA) is 108 Å². The molecule has 44 heavy (non-hydrogen) atoms. The summed E-state index contributed by atoms with van der Waals surface area (Å²) in [7, 11) is 0. The van der Waals surface area contributed by atoms with Crippen molar-refractivity contribution in [3.63, 3.8) is 0 Å². The summed E-state index contributed by atoms with van der Waals surface area (Å²) in [6, 6.07) is 26.6. The van der Waals surface area contributed by atoms with Gasteiger partial charge in [-0.15, -0.1) is 0 Å². The molecule has 3 atom stereocenters. The van der Waals surface area contributed by atoms with Crippen molar-refractivity contribution in [2.24, 2.45) is 0 Å². The highest BCUT2D eigenvalue weighted by atomic mass is 16.6. The summed E-state index contributed by atoms with van der Waals surface area (Å²) in [5, 5.41) is 18.2. The second-order valence-corrected chi connectivity index (χ2v) is 11.9. The van der Waals surface area contributed by atoms with Gasteiger partial charge in [0.25, 0.3) is 5.91 Å². The quantitative estimate of drug-likeness (QED) is 0.183. The van der Waals surface area contributed by atoms with Crippen molar-refractivity contribution in [2.75, 3.05) is 5.32 Å². The van der Waals surface area contributed by atoms with Gasteiger partial charge < -0.3 is 25.4 Å². The number of nitrogens with one attached hydrogen (secondary N) is 2. The van der Waals surface area contributed by atoms with Crippen LogP contribution < -0.4 is 10.6 Å². The lowest BCUT2D eigenvalue weighted by Crippen LogP contribution is -2.55. The number of carbonyl (C=O) groups is 3. The van der Waals surface area contributed by atoms with Crippen LogP contribution in [0, 0.1) is 0 Å². The Morgan fingerprint density at radius 3 is 2.20 bits per heavy atom. The molecule has 8 nitrogen and oxygen atoms in total. The molecule has 0 heterocycles. The molecule has 4 aromatic carbocycles. The number of alkyl carbamates (subject to hydrolysis) is 1. The van der Waals surface area contributed by atoms with Gasteiger partial charge in [-0.1, -0.05) is 79.7 Å². The normalized spacial score (nSPS) is 13.4. The van der Waals surface area contributed by atoms with Crippen LogP contribution in [0.1, 0.15) is 58.2 Å². The summed E-state index contributed by atoms with van der Waals surface area (Å²) < 4.78 is 5.51. The number of amides is 3. The molecule has 0 spiro atoms. The number of aromatic hydroxyl groups is 1. The van der Waals surface area contributed by atoms with E-state index in [-0.39, 0.29) is 12.2 Å². The van der Waals surface area contributed by atoms with Gasteiger partial charge in [0.1, 0.15) is 23.4 Å². The fraction of sp³-hybridized carbons (Fsp3) is 0.306. The Bertz CT molecular complexity index is 1600. The van der Waals surface area contributed by atoms with Crippen LogP contribution >= 0.6 is 0 Å². The first-order valence-corrected chi connectivity index (χ1v) is 14.9. The Morgan fingerprint density at radius 1 is 0.864 bits per heavy atom. The minimum Gasteiger partial charge on any atom is -0.508 e. The Morgan fingerprint density at radius 2 is 1.55 bits per heavy atom. The van der Waals surface area contributed by atoms with Crippen LogP contribution in [0.3, 0.4) is 0 Å². The van der Waals surface area contributed by atoms with E-state index >= 15 is 0 Å². The molecule has 4 aromatic rings. The number of anilines is 1. The number of carbonyl (C=O) groups excluding carboxylic acids is 3. The maximum Gasteiger partial charge on any atom is 0.408 e. The van der Waals surface area contributed by atoms with E-state index in [2.05, 4.69) is 10.6 Å². The van der Waals surface area contributed by atoms with Crippen molar-refractivity contribution in [3.05, 3.63) is 108 Å². The Balaban J connectivity index is 1.76. The van der Waals surface area contributed by atoms with E-state index in [9.17, 15) is 19.5 Å². The third-order valence-corrected chi connectivity index (χ3v) is 7.32. The molecule has 0 aliphatic carbocycles. The van der Waals surface area contributed by atoms with Gasteiger partial charge in [0.15, 0.2) is 0 Å². The molecule has 3 amide bonds. The predicted octanol–water partition coefficient (Wildman–Crippen LogP) is 6.99. The van der Waals surface area contributed by atoms with Crippen molar-refractivity contribution >= 4 is 34.4 Å². The molecular weight excluding hydrogens is 554 g/mol. The van der Waals surface area contributed by atoms with Gasteiger partial charge in [0, 0.05) is 18.2 Å². The molecule has 0 aromatic heterocycles. The van der Waals surface area contributed by atoms with E-state index in [0.29, 0.717) is 17.7 Å². The van der Waals surface area contributed by atoms with Gasteiger partial charge in [-0.3, -0.25) is 9.59 Å². The summed E-state index contributed by atoms with van der Waals surface area (Å²) in [4.78, 5) is 43.3. The van der Waals surface area contributed by atoms with Gasteiger partial charge in [-0.25, -0.2) is 4.79 Å². The van der Waals surface area contributed by atoms with Crippen molar-refractivity contribution in [1.29, 1.82) is 0 Å². The molecule has 0 aliphatic heterocycles. The molecule has 8 heteroatoms. The summed E-state index contributed by atoms with van der Waals surface area (Å²) in [6.07, 6.45) is -0.00917. The zero-order valence-electron chi connectivity index (χ0n) is 25.9. The fourth-order valence-electron chi connectivity index (χ4n) is 5.09. The third-order valence-electron chi connectivity index (χ3n) is 7.32. The largest absolute Gasteiger partial charge is 0.508 e. The first-order chi connectivity index (χ1) is 20.9. The van der Waals surface area contributed by atoms with E-state index in [4.69, 9.17) is 4.74 Å².